The Balaban J connectivity index is 1.09. The van der Waals surface area contributed by atoms with Crippen molar-refractivity contribution >= 4 is 21.6 Å². The molecule has 7 nitrogen and oxygen atoms in total. The van der Waals surface area contributed by atoms with Crippen molar-refractivity contribution < 1.29 is 13.2 Å². The van der Waals surface area contributed by atoms with Gasteiger partial charge in [-0.1, -0.05) is 18.2 Å². The van der Waals surface area contributed by atoms with Crippen molar-refractivity contribution in [2.45, 2.75) is 31.7 Å². The number of sulfonamides is 1. The Morgan fingerprint density at radius 2 is 1.68 bits per heavy atom. The van der Waals surface area contributed by atoms with Crippen LogP contribution in [0.4, 0.5) is 5.69 Å². The number of hydrogen-bond donors (Lipinski definition) is 1. The Hall–Kier alpha value is -1.64. The topological polar surface area (TPSA) is 73.0 Å². The van der Waals surface area contributed by atoms with Gasteiger partial charge < -0.3 is 15.1 Å². The highest BCUT2D eigenvalue weighted by Gasteiger charge is 2.49. The number of piperidine rings is 1. The van der Waals surface area contributed by atoms with Gasteiger partial charge in [0.1, 0.15) is 0 Å². The van der Waals surface area contributed by atoms with Crippen LogP contribution in [0.1, 0.15) is 25.7 Å². The van der Waals surface area contributed by atoms with Crippen LogP contribution < -0.4 is 10.2 Å². The summed E-state index contributed by atoms with van der Waals surface area (Å²) in [6.45, 7) is 6.57. The van der Waals surface area contributed by atoms with Crippen molar-refractivity contribution in [3.05, 3.63) is 30.3 Å². The second kappa shape index (κ2) is 8.05. The van der Waals surface area contributed by atoms with E-state index in [2.05, 4.69) is 45.4 Å². The maximum atomic E-state index is 12.7. The highest BCUT2D eigenvalue weighted by molar-refractivity contribution is 7.88. The number of amides is 1. The third kappa shape index (κ3) is 4.22. The summed E-state index contributed by atoms with van der Waals surface area (Å²) in [5.74, 6) is 1.62. The van der Waals surface area contributed by atoms with Crippen molar-refractivity contribution in [2.24, 2.45) is 17.3 Å². The molecule has 1 spiro atoms. The van der Waals surface area contributed by atoms with Crippen molar-refractivity contribution in [1.82, 2.24) is 14.5 Å². The second-order valence-electron chi connectivity index (χ2n) is 10.1. The van der Waals surface area contributed by atoms with Crippen LogP contribution in [0.3, 0.4) is 0 Å². The Morgan fingerprint density at radius 3 is 2.29 bits per heavy atom. The molecule has 4 fully saturated rings. The van der Waals surface area contributed by atoms with Crippen LogP contribution in [0.2, 0.25) is 0 Å². The zero-order valence-electron chi connectivity index (χ0n) is 18.4. The SMILES string of the molecule is CS(=O)(=O)N1CCC2(CC1)CC(CCN1CC3CN(c4ccccc4)CC3C1)NC2=O. The maximum absolute atomic E-state index is 12.7. The molecule has 0 aromatic heterocycles. The van der Waals surface area contributed by atoms with E-state index >= 15 is 0 Å². The van der Waals surface area contributed by atoms with E-state index in [0.29, 0.717) is 25.9 Å². The van der Waals surface area contributed by atoms with Crippen LogP contribution in [-0.2, 0) is 14.8 Å². The van der Waals surface area contributed by atoms with E-state index in [1.807, 2.05) is 0 Å². The van der Waals surface area contributed by atoms with Gasteiger partial charge in [-0.25, -0.2) is 12.7 Å². The fourth-order valence-corrected chi connectivity index (χ4v) is 7.11. The molecule has 8 heteroatoms. The molecule has 4 aliphatic heterocycles. The fourth-order valence-electron chi connectivity index (χ4n) is 6.27. The van der Waals surface area contributed by atoms with Gasteiger partial charge in [0.25, 0.3) is 0 Å². The molecule has 1 amide bonds. The molecule has 170 valence electrons. The molecule has 1 N–H and O–H groups in total. The van der Waals surface area contributed by atoms with Crippen LogP contribution in [-0.4, -0.2) is 81.6 Å². The molecule has 4 saturated heterocycles. The first-order chi connectivity index (χ1) is 14.8. The van der Waals surface area contributed by atoms with Crippen molar-refractivity contribution in [2.75, 3.05) is 57.0 Å². The highest BCUT2D eigenvalue weighted by Crippen LogP contribution is 2.42. The molecule has 3 unspecified atom stereocenters. The molecular weight excluding hydrogens is 412 g/mol. The summed E-state index contributed by atoms with van der Waals surface area (Å²) >= 11 is 0. The van der Waals surface area contributed by atoms with Gasteiger partial charge in [0.2, 0.25) is 15.9 Å². The number of fused-ring (bicyclic) bond motifs is 1. The lowest BCUT2D eigenvalue weighted by atomic mass is 9.76. The van der Waals surface area contributed by atoms with E-state index in [0.717, 1.165) is 57.4 Å². The Bertz CT molecular complexity index is 900. The van der Waals surface area contributed by atoms with Gasteiger partial charge in [0, 0.05) is 57.5 Å². The first-order valence-corrected chi connectivity index (χ1v) is 13.5. The standard InChI is InChI=1S/C23H34N4O3S/c1-31(29,30)27-11-8-23(9-12-27)13-20(24-22(23)28)7-10-25-14-18-16-26(17-19(18)15-25)21-5-3-2-4-6-21/h2-6,18-20H,7-17H2,1H3,(H,24,28). The number of nitrogens with zero attached hydrogens (tertiary/aromatic N) is 3. The van der Waals surface area contributed by atoms with Crippen LogP contribution >= 0.6 is 0 Å². The second-order valence-corrected chi connectivity index (χ2v) is 12.1. The molecule has 4 heterocycles. The predicted octanol–water partition coefficient (Wildman–Crippen LogP) is 1.38. The van der Waals surface area contributed by atoms with E-state index in [1.54, 1.807) is 0 Å². The Kier molecular flexibility index (Phi) is 5.51. The van der Waals surface area contributed by atoms with Gasteiger partial charge in [-0.3, -0.25) is 4.79 Å². The quantitative estimate of drug-likeness (QED) is 0.740. The lowest BCUT2D eigenvalue weighted by Crippen LogP contribution is -2.45. The van der Waals surface area contributed by atoms with E-state index in [9.17, 15) is 13.2 Å². The first kappa shape index (κ1) is 21.2. The predicted molar refractivity (Wildman–Crippen MR) is 121 cm³/mol. The fraction of sp³-hybridized carbons (Fsp3) is 0.696. The summed E-state index contributed by atoms with van der Waals surface area (Å²) < 4.78 is 25.1. The van der Waals surface area contributed by atoms with E-state index in [-0.39, 0.29) is 17.4 Å². The summed E-state index contributed by atoms with van der Waals surface area (Å²) in [4.78, 5) is 17.9. The highest BCUT2D eigenvalue weighted by atomic mass is 32.2. The van der Waals surface area contributed by atoms with Crippen LogP contribution in [0.15, 0.2) is 30.3 Å². The minimum atomic E-state index is -3.16. The summed E-state index contributed by atoms with van der Waals surface area (Å²) in [5.41, 5.74) is 0.980. The number of carbonyl (C=O) groups is 1. The third-order valence-corrected chi connectivity index (χ3v) is 9.38. The Labute approximate surface area is 185 Å². The summed E-state index contributed by atoms with van der Waals surface area (Å²) in [5, 5.41) is 3.23. The first-order valence-electron chi connectivity index (χ1n) is 11.6. The number of carbonyl (C=O) groups excluding carboxylic acids is 1. The number of nitrogens with one attached hydrogen (secondary N) is 1. The van der Waals surface area contributed by atoms with Gasteiger partial charge in [-0.15, -0.1) is 0 Å². The molecule has 0 radical (unpaired) electrons. The molecule has 0 aliphatic carbocycles. The third-order valence-electron chi connectivity index (χ3n) is 8.08. The summed E-state index contributed by atoms with van der Waals surface area (Å²) in [7, 11) is -3.16. The molecule has 1 aromatic carbocycles. The van der Waals surface area contributed by atoms with Gasteiger partial charge in [0.05, 0.1) is 11.7 Å². The largest absolute Gasteiger partial charge is 0.371 e. The number of likely N-dealkylation sites (tertiary alicyclic amines) is 1. The number of anilines is 1. The van der Waals surface area contributed by atoms with E-state index < -0.39 is 10.0 Å². The molecule has 1 aromatic rings. The molecule has 31 heavy (non-hydrogen) atoms. The molecule has 5 rings (SSSR count). The zero-order chi connectivity index (χ0) is 21.6. The van der Waals surface area contributed by atoms with Gasteiger partial charge in [0.15, 0.2) is 0 Å². The van der Waals surface area contributed by atoms with Crippen molar-refractivity contribution in [3.63, 3.8) is 0 Å². The zero-order valence-corrected chi connectivity index (χ0v) is 19.2. The lowest BCUT2D eigenvalue weighted by Gasteiger charge is -2.36. The van der Waals surface area contributed by atoms with Crippen LogP contribution in [0.25, 0.3) is 0 Å². The molecule has 3 atom stereocenters. The number of hydrogen-bond acceptors (Lipinski definition) is 5. The smallest absolute Gasteiger partial charge is 0.226 e. The average Bonchev–Trinajstić information content (AvgIpc) is 3.39. The number of rotatable bonds is 5. The lowest BCUT2D eigenvalue weighted by molar-refractivity contribution is -0.129. The molecule has 0 saturated carbocycles. The average molecular weight is 447 g/mol. The molecular formula is C23H34N4O3S. The normalized spacial score (nSPS) is 31.3. The summed E-state index contributed by atoms with van der Waals surface area (Å²) in [6, 6.07) is 10.9. The van der Waals surface area contributed by atoms with Gasteiger partial charge >= 0.3 is 0 Å². The Morgan fingerprint density at radius 1 is 1.03 bits per heavy atom. The van der Waals surface area contributed by atoms with Gasteiger partial charge in [-0.2, -0.15) is 0 Å². The maximum Gasteiger partial charge on any atom is 0.226 e. The number of benzene rings is 1. The van der Waals surface area contributed by atoms with Crippen molar-refractivity contribution in [3.8, 4) is 0 Å². The molecule has 4 aliphatic rings. The van der Waals surface area contributed by atoms with E-state index in [1.165, 1.54) is 16.2 Å². The van der Waals surface area contributed by atoms with E-state index in [4.69, 9.17) is 0 Å². The van der Waals surface area contributed by atoms with Gasteiger partial charge in [-0.05, 0) is 49.7 Å². The van der Waals surface area contributed by atoms with Crippen LogP contribution in [0, 0.1) is 17.3 Å². The summed E-state index contributed by atoms with van der Waals surface area (Å²) in [6.07, 6.45) is 4.39. The monoisotopic (exact) mass is 446 g/mol. The number of para-hydroxylation sites is 1. The van der Waals surface area contributed by atoms with Crippen molar-refractivity contribution in [1.29, 1.82) is 0 Å². The minimum absolute atomic E-state index is 0.141. The minimum Gasteiger partial charge on any atom is -0.371 e. The molecule has 0 bridgehead atoms. The van der Waals surface area contributed by atoms with Crippen LogP contribution in [0.5, 0.6) is 0 Å².